The van der Waals surface area contributed by atoms with Gasteiger partial charge in [-0.3, -0.25) is 9.59 Å². The predicted octanol–water partition coefficient (Wildman–Crippen LogP) is 3.17. The molecule has 1 aromatic carbocycles. The van der Waals surface area contributed by atoms with Crippen LogP contribution in [0.4, 0.5) is 0 Å². The predicted molar refractivity (Wildman–Crippen MR) is 116 cm³/mol. The zero-order valence-electron chi connectivity index (χ0n) is 17.2. The van der Waals surface area contributed by atoms with E-state index in [9.17, 15) is 9.59 Å². The fraction of sp³-hybridized carbons (Fsp3) is 0.524. The standard InChI is InChI=1S/C21H29Cl2N3O3/c1-4-26-13-16(19(21(26)28)24-10-11-29-14(2)3)20(27)25-9-5-6-15-7-8-17(22)18(23)12-15/h7-8,12,14,24H,4-6,9-11,13H2,1-3H3,(H,25,27). The molecule has 0 unspecified atom stereocenters. The van der Waals surface area contributed by atoms with Crippen LogP contribution in [0.2, 0.25) is 10.0 Å². The molecule has 2 rings (SSSR count). The molecule has 0 saturated carbocycles. The molecule has 0 radical (unpaired) electrons. The van der Waals surface area contributed by atoms with E-state index in [0.29, 0.717) is 54.1 Å². The summed E-state index contributed by atoms with van der Waals surface area (Å²) < 4.78 is 5.49. The van der Waals surface area contributed by atoms with Gasteiger partial charge in [0.15, 0.2) is 0 Å². The van der Waals surface area contributed by atoms with Crippen molar-refractivity contribution in [2.45, 2.75) is 39.7 Å². The van der Waals surface area contributed by atoms with Gasteiger partial charge in [0.25, 0.3) is 11.8 Å². The van der Waals surface area contributed by atoms with Crippen molar-refractivity contribution in [3.63, 3.8) is 0 Å². The molecule has 0 fully saturated rings. The third-order valence-corrected chi connectivity index (χ3v) is 5.31. The van der Waals surface area contributed by atoms with Crippen LogP contribution in [0.25, 0.3) is 0 Å². The van der Waals surface area contributed by atoms with Crippen molar-refractivity contribution in [3.8, 4) is 0 Å². The van der Waals surface area contributed by atoms with E-state index in [1.165, 1.54) is 0 Å². The third-order valence-electron chi connectivity index (χ3n) is 4.57. The second-order valence-electron chi connectivity index (χ2n) is 7.13. The van der Waals surface area contributed by atoms with E-state index in [1.54, 1.807) is 11.0 Å². The first-order valence-corrected chi connectivity index (χ1v) is 10.7. The molecule has 0 aromatic heterocycles. The Morgan fingerprint density at radius 1 is 1.24 bits per heavy atom. The largest absolute Gasteiger partial charge is 0.378 e. The Labute approximate surface area is 182 Å². The molecule has 1 aliphatic heterocycles. The third kappa shape index (κ3) is 6.91. The first-order valence-electron chi connectivity index (χ1n) is 9.93. The Kier molecular flexibility index (Phi) is 9.27. The number of hydrogen-bond acceptors (Lipinski definition) is 4. The van der Waals surface area contributed by atoms with Crippen LogP contribution in [0, 0.1) is 0 Å². The van der Waals surface area contributed by atoms with E-state index in [-0.39, 0.29) is 17.9 Å². The molecule has 160 valence electrons. The molecule has 0 spiro atoms. The molecular weight excluding hydrogens is 413 g/mol. The van der Waals surface area contributed by atoms with Gasteiger partial charge in [-0.25, -0.2) is 0 Å². The molecule has 0 aliphatic carbocycles. The number of carbonyl (C=O) groups excluding carboxylic acids is 2. The highest BCUT2D eigenvalue weighted by Gasteiger charge is 2.32. The van der Waals surface area contributed by atoms with Crippen molar-refractivity contribution in [3.05, 3.63) is 45.1 Å². The molecular formula is C21H29Cl2N3O3. The molecule has 1 aromatic rings. The van der Waals surface area contributed by atoms with Gasteiger partial charge in [0, 0.05) is 19.6 Å². The minimum atomic E-state index is -0.212. The SMILES string of the molecule is CCN1CC(C(=O)NCCCc2ccc(Cl)c(Cl)c2)=C(NCCOC(C)C)C1=O. The first kappa shape index (κ1) is 23.5. The fourth-order valence-electron chi connectivity index (χ4n) is 3.02. The number of rotatable bonds is 11. The van der Waals surface area contributed by atoms with Gasteiger partial charge in [-0.2, -0.15) is 0 Å². The summed E-state index contributed by atoms with van der Waals surface area (Å²) in [7, 11) is 0. The summed E-state index contributed by atoms with van der Waals surface area (Å²) in [6.45, 7) is 8.14. The van der Waals surface area contributed by atoms with Crippen molar-refractivity contribution in [1.82, 2.24) is 15.5 Å². The number of likely N-dealkylation sites (N-methyl/N-ethyl adjacent to an activating group) is 1. The number of carbonyl (C=O) groups is 2. The molecule has 1 aliphatic rings. The second-order valence-corrected chi connectivity index (χ2v) is 7.94. The quantitative estimate of drug-likeness (QED) is 0.517. The zero-order valence-corrected chi connectivity index (χ0v) is 18.7. The number of ether oxygens (including phenoxy) is 1. The van der Waals surface area contributed by atoms with Gasteiger partial charge in [0.1, 0.15) is 5.70 Å². The highest BCUT2D eigenvalue weighted by atomic mass is 35.5. The van der Waals surface area contributed by atoms with E-state index in [2.05, 4.69) is 10.6 Å². The number of benzene rings is 1. The Morgan fingerprint density at radius 2 is 2.00 bits per heavy atom. The fourth-order valence-corrected chi connectivity index (χ4v) is 3.34. The summed E-state index contributed by atoms with van der Waals surface area (Å²) in [6, 6.07) is 5.53. The highest BCUT2D eigenvalue weighted by Crippen LogP contribution is 2.23. The van der Waals surface area contributed by atoms with E-state index in [1.807, 2.05) is 32.9 Å². The van der Waals surface area contributed by atoms with E-state index < -0.39 is 0 Å². The van der Waals surface area contributed by atoms with E-state index in [4.69, 9.17) is 27.9 Å². The van der Waals surface area contributed by atoms with Crippen molar-refractivity contribution in [2.75, 3.05) is 32.8 Å². The highest BCUT2D eigenvalue weighted by molar-refractivity contribution is 6.42. The smallest absolute Gasteiger partial charge is 0.270 e. The Morgan fingerprint density at radius 3 is 2.66 bits per heavy atom. The van der Waals surface area contributed by atoms with Gasteiger partial charge >= 0.3 is 0 Å². The molecule has 29 heavy (non-hydrogen) atoms. The first-order chi connectivity index (χ1) is 13.8. The van der Waals surface area contributed by atoms with Crippen molar-refractivity contribution < 1.29 is 14.3 Å². The molecule has 2 N–H and O–H groups in total. The monoisotopic (exact) mass is 441 g/mol. The Hall–Kier alpha value is -1.76. The summed E-state index contributed by atoms with van der Waals surface area (Å²) in [4.78, 5) is 26.8. The number of amides is 2. The van der Waals surface area contributed by atoms with Crippen LogP contribution in [0.15, 0.2) is 29.5 Å². The van der Waals surface area contributed by atoms with Gasteiger partial charge in [0.2, 0.25) is 0 Å². The summed E-state index contributed by atoms with van der Waals surface area (Å²) in [6.07, 6.45) is 1.65. The van der Waals surface area contributed by atoms with Gasteiger partial charge in [-0.15, -0.1) is 0 Å². The van der Waals surface area contributed by atoms with Crippen LogP contribution in [0.3, 0.4) is 0 Å². The van der Waals surface area contributed by atoms with E-state index >= 15 is 0 Å². The van der Waals surface area contributed by atoms with Gasteiger partial charge in [0.05, 0.1) is 34.9 Å². The summed E-state index contributed by atoms with van der Waals surface area (Å²) >= 11 is 12.0. The normalized spacial score (nSPS) is 14.1. The molecule has 0 atom stereocenters. The van der Waals surface area contributed by atoms with Gasteiger partial charge in [-0.05, 0) is 51.3 Å². The zero-order chi connectivity index (χ0) is 21.4. The van der Waals surface area contributed by atoms with Gasteiger partial charge in [-0.1, -0.05) is 29.3 Å². The second kappa shape index (κ2) is 11.4. The van der Waals surface area contributed by atoms with E-state index in [0.717, 1.165) is 18.4 Å². The molecule has 2 amide bonds. The number of halogens is 2. The average Bonchev–Trinajstić information content (AvgIpc) is 3.00. The lowest BCUT2D eigenvalue weighted by molar-refractivity contribution is -0.125. The van der Waals surface area contributed by atoms with Crippen LogP contribution in [-0.2, 0) is 20.7 Å². The molecule has 0 bridgehead atoms. The maximum Gasteiger partial charge on any atom is 0.270 e. The lowest BCUT2D eigenvalue weighted by Crippen LogP contribution is -2.31. The molecule has 8 heteroatoms. The number of nitrogens with zero attached hydrogens (tertiary/aromatic N) is 1. The Balaban J connectivity index is 1.88. The minimum Gasteiger partial charge on any atom is -0.378 e. The average molecular weight is 442 g/mol. The van der Waals surface area contributed by atoms with Crippen molar-refractivity contribution in [1.29, 1.82) is 0 Å². The Bertz CT molecular complexity index is 766. The van der Waals surface area contributed by atoms with Crippen molar-refractivity contribution >= 4 is 35.0 Å². The van der Waals surface area contributed by atoms with Gasteiger partial charge < -0.3 is 20.3 Å². The van der Waals surface area contributed by atoms with Crippen LogP contribution in [0.1, 0.15) is 32.8 Å². The number of nitrogens with one attached hydrogen (secondary N) is 2. The van der Waals surface area contributed by atoms with Crippen LogP contribution in [-0.4, -0.2) is 55.6 Å². The lowest BCUT2D eigenvalue weighted by Gasteiger charge is -2.14. The minimum absolute atomic E-state index is 0.121. The lowest BCUT2D eigenvalue weighted by atomic mass is 10.1. The molecule has 1 heterocycles. The summed E-state index contributed by atoms with van der Waals surface area (Å²) in [5, 5.41) is 7.06. The van der Waals surface area contributed by atoms with Crippen LogP contribution >= 0.6 is 23.2 Å². The maximum atomic E-state index is 12.7. The molecule has 0 saturated heterocycles. The number of aryl methyl sites for hydroxylation is 1. The molecule has 6 nitrogen and oxygen atoms in total. The number of hydrogen-bond donors (Lipinski definition) is 2. The van der Waals surface area contributed by atoms with Crippen LogP contribution in [0.5, 0.6) is 0 Å². The topological polar surface area (TPSA) is 70.7 Å². The maximum absolute atomic E-state index is 12.7. The summed E-state index contributed by atoms with van der Waals surface area (Å²) in [5.74, 6) is -0.353. The van der Waals surface area contributed by atoms with Crippen LogP contribution < -0.4 is 10.6 Å². The van der Waals surface area contributed by atoms with Crippen molar-refractivity contribution in [2.24, 2.45) is 0 Å². The summed E-state index contributed by atoms with van der Waals surface area (Å²) in [5.41, 5.74) is 1.92.